The molecule has 0 heterocycles. The lowest BCUT2D eigenvalue weighted by Gasteiger charge is -2.13. The summed E-state index contributed by atoms with van der Waals surface area (Å²) in [4.78, 5) is 15.5. The lowest BCUT2D eigenvalue weighted by molar-refractivity contribution is -0.132. The van der Waals surface area contributed by atoms with Crippen LogP contribution in [0.15, 0.2) is 29.3 Å². The number of alkyl halides is 3. The maximum Gasteiger partial charge on any atom is 0.390 e. The first kappa shape index (κ1) is 18.7. The van der Waals surface area contributed by atoms with Gasteiger partial charge >= 0.3 is 6.18 Å². The summed E-state index contributed by atoms with van der Waals surface area (Å²) in [5.74, 6) is -0.998. The second-order valence-corrected chi connectivity index (χ2v) is 4.53. The second kappa shape index (κ2) is 8.96. The monoisotopic (exact) mass is 334 g/mol. The molecule has 0 bridgehead atoms. The Bertz CT molecular complexity index is 546. The normalized spacial score (nSPS) is 12.0. The van der Waals surface area contributed by atoms with Gasteiger partial charge in [0.15, 0.2) is 5.96 Å². The van der Waals surface area contributed by atoms with Gasteiger partial charge in [0.2, 0.25) is 0 Å². The van der Waals surface area contributed by atoms with Crippen molar-refractivity contribution >= 4 is 11.9 Å². The van der Waals surface area contributed by atoms with Crippen LogP contribution in [0.1, 0.15) is 16.8 Å². The molecule has 0 atom stereocenters. The molecule has 1 aromatic carbocycles. The highest BCUT2D eigenvalue weighted by Gasteiger charge is 2.26. The number of carbonyl (C=O) groups excluding carboxylic acids is 1. The van der Waals surface area contributed by atoms with E-state index in [9.17, 15) is 22.4 Å². The van der Waals surface area contributed by atoms with Gasteiger partial charge in [0.1, 0.15) is 5.82 Å². The molecule has 23 heavy (non-hydrogen) atoms. The molecule has 1 aromatic rings. The number of carbonyl (C=O) groups is 1. The maximum atomic E-state index is 13.4. The summed E-state index contributed by atoms with van der Waals surface area (Å²) in [7, 11) is 1.42. The van der Waals surface area contributed by atoms with Crippen LogP contribution < -0.4 is 16.0 Å². The maximum absolute atomic E-state index is 13.4. The van der Waals surface area contributed by atoms with Crippen molar-refractivity contribution in [2.24, 2.45) is 4.99 Å². The van der Waals surface area contributed by atoms with Gasteiger partial charge in [-0.2, -0.15) is 13.2 Å². The molecule has 9 heteroatoms. The Hall–Kier alpha value is -2.32. The van der Waals surface area contributed by atoms with Crippen LogP contribution in [-0.2, 0) is 0 Å². The van der Waals surface area contributed by atoms with Crippen molar-refractivity contribution < 1.29 is 22.4 Å². The molecule has 5 nitrogen and oxygen atoms in total. The Labute approximate surface area is 131 Å². The van der Waals surface area contributed by atoms with Crippen LogP contribution >= 0.6 is 0 Å². The number of aliphatic imine (C=N–C) groups is 1. The third-order valence-corrected chi connectivity index (χ3v) is 2.75. The summed E-state index contributed by atoms with van der Waals surface area (Å²) in [5.41, 5.74) is -0.0693. The van der Waals surface area contributed by atoms with Crippen LogP contribution in [0.4, 0.5) is 17.6 Å². The van der Waals surface area contributed by atoms with E-state index in [-0.39, 0.29) is 31.2 Å². The van der Waals surface area contributed by atoms with Gasteiger partial charge in [-0.3, -0.25) is 9.79 Å². The Morgan fingerprint density at radius 2 is 1.70 bits per heavy atom. The van der Waals surface area contributed by atoms with E-state index in [0.29, 0.717) is 0 Å². The van der Waals surface area contributed by atoms with Crippen molar-refractivity contribution in [3.05, 3.63) is 35.6 Å². The van der Waals surface area contributed by atoms with Crippen molar-refractivity contribution in [3.8, 4) is 0 Å². The molecule has 128 valence electrons. The molecule has 0 saturated carbocycles. The molecule has 0 aromatic heterocycles. The first-order chi connectivity index (χ1) is 10.8. The Morgan fingerprint density at radius 1 is 1.09 bits per heavy atom. The molecule has 0 saturated heterocycles. The van der Waals surface area contributed by atoms with Crippen molar-refractivity contribution in [1.29, 1.82) is 0 Å². The van der Waals surface area contributed by atoms with Gasteiger partial charge in [0.05, 0.1) is 12.0 Å². The van der Waals surface area contributed by atoms with E-state index in [0.717, 1.165) is 0 Å². The predicted octanol–water partition coefficient (Wildman–Crippen LogP) is 1.67. The lowest BCUT2D eigenvalue weighted by Crippen LogP contribution is -2.42. The van der Waals surface area contributed by atoms with Crippen molar-refractivity contribution in [2.45, 2.75) is 12.6 Å². The van der Waals surface area contributed by atoms with E-state index in [1.165, 1.54) is 25.2 Å². The van der Waals surface area contributed by atoms with Gasteiger partial charge in [-0.05, 0) is 12.1 Å². The summed E-state index contributed by atoms with van der Waals surface area (Å²) in [6, 6.07) is 5.56. The Kier molecular flexibility index (Phi) is 7.30. The zero-order chi connectivity index (χ0) is 17.3. The minimum absolute atomic E-state index is 0.0693. The standard InChI is InChI=1S/C14H18F4N4O/c1-19-13(21-7-6-14(16,17)18)22-9-8-20-12(23)10-4-2-3-5-11(10)15/h2-5H,6-9H2,1H3,(H,20,23)(H2,19,21,22). The van der Waals surface area contributed by atoms with Gasteiger partial charge < -0.3 is 16.0 Å². The first-order valence-electron chi connectivity index (χ1n) is 6.87. The van der Waals surface area contributed by atoms with E-state index in [2.05, 4.69) is 20.9 Å². The Balaban J connectivity index is 2.28. The van der Waals surface area contributed by atoms with Crippen LogP contribution in [0.25, 0.3) is 0 Å². The fraction of sp³-hybridized carbons (Fsp3) is 0.429. The van der Waals surface area contributed by atoms with E-state index < -0.39 is 24.3 Å². The SMILES string of the molecule is CN=C(NCCNC(=O)c1ccccc1F)NCCC(F)(F)F. The lowest BCUT2D eigenvalue weighted by atomic mass is 10.2. The largest absolute Gasteiger partial charge is 0.390 e. The zero-order valence-electron chi connectivity index (χ0n) is 12.5. The average Bonchev–Trinajstić information content (AvgIpc) is 2.48. The van der Waals surface area contributed by atoms with Gasteiger partial charge in [-0.25, -0.2) is 4.39 Å². The van der Waals surface area contributed by atoms with Crippen LogP contribution in [0.3, 0.4) is 0 Å². The highest BCUT2D eigenvalue weighted by molar-refractivity contribution is 5.94. The van der Waals surface area contributed by atoms with Gasteiger partial charge in [0, 0.05) is 26.7 Å². The van der Waals surface area contributed by atoms with E-state index >= 15 is 0 Å². The van der Waals surface area contributed by atoms with Crippen molar-refractivity contribution in [2.75, 3.05) is 26.7 Å². The van der Waals surface area contributed by atoms with Crippen molar-refractivity contribution in [3.63, 3.8) is 0 Å². The second-order valence-electron chi connectivity index (χ2n) is 4.53. The number of benzene rings is 1. The van der Waals surface area contributed by atoms with E-state index in [4.69, 9.17) is 0 Å². The molecular weight excluding hydrogens is 316 g/mol. The first-order valence-corrected chi connectivity index (χ1v) is 6.87. The summed E-state index contributed by atoms with van der Waals surface area (Å²) in [6.45, 7) is 0.0871. The molecule has 0 aliphatic heterocycles. The quantitative estimate of drug-likeness (QED) is 0.321. The van der Waals surface area contributed by atoms with Gasteiger partial charge in [0.25, 0.3) is 5.91 Å². The summed E-state index contributed by atoms with van der Waals surface area (Å²) >= 11 is 0. The molecule has 0 unspecified atom stereocenters. The zero-order valence-corrected chi connectivity index (χ0v) is 12.5. The third-order valence-electron chi connectivity index (χ3n) is 2.75. The minimum atomic E-state index is -4.24. The average molecular weight is 334 g/mol. The molecule has 1 rings (SSSR count). The van der Waals surface area contributed by atoms with E-state index in [1.807, 2.05) is 0 Å². The molecule has 0 aliphatic carbocycles. The number of nitrogens with zero attached hydrogens (tertiary/aromatic N) is 1. The number of guanidine groups is 1. The molecule has 0 fully saturated rings. The van der Waals surface area contributed by atoms with Crippen LogP contribution in [0, 0.1) is 5.82 Å². The number of rotatable bonds is 6. The Morgan fingerprint density at radius 3 is 2.30 bits per heavy atom. The highest BCUT2D eigenvalue weighted by atomic mass is 19.4. The third kappa shape index (κ3) is 7.48. The van der Waals surface area contributed by atoms with Gasteiger partial charge in [-0.1, -0.05) is 12.1 Å². The molecular formula is C14H18F4N4O. The number of hydrogen-bond donors (Lipinski definition) is 3. The summed E-state index contributed by atoms with van der Waals surface area (Å²) in [6.07, 6.45) is -5.21. The molecule has 0 aliphatic rings. The summed E-state index contributed by atoms with van der Waals surface area (Å²) < 4.78 is 49.4. The fourth-order valence-corrected chi connectivity index (χ4v) is 1.64. The van der Waals surface area contributed by atoms with Crippen molar-refractivity contribution in [1.82, 2.24) is 16.0 Å². The summed E-state index contributed by atoms with van der Waals surface area (Å²) in [5, 5.41) is 7.74. The number of hydrogen-bond acceptors (Lipinski definition) is 2. The predicted molar refractivity (Wildman–Crippen MR) is 78.8 cm³/mol. The van der Waals surface area contributed by atoms with Gasteiger partial charge in [-0.15, -0.1) is 0 Å². The van der Waals surface area contributed by atoms with E-state index in [1.54, 1.807) is 6.07 Å². The fourth-order valence-electron chi connectivity index (χ4n) is 1.64. The highest BCUT2D eigenvalue weighted by Crippen LogP contribution is 2.17. The number of amides is 1. The topological polar surface area (TPSA) is 65.5 Å². The molecule has 3 N–H and O–H groups in total. The number of nitrogens with one attached hydrogen (secondary N) is 3. The minimum Gasteiger partial charge on any atom is -0.356 e. The van der Waals surface area contributed by atoms with Crippen LogP contribution in [-0.4, -0.2) is 44.7 Å². The molecule has 0 spiro atoms. The van der Waals surface area contributed by atoms with Crippen LogP contribution in [0.5, 0.6) is 0 Å². The number of halogens is 4. The molecule has 1 amide bonds. The van der Waals surface area contributed by atoms with Crippen LogP contribution in [0.2, 0.25) is 0 Å². The molecule has 0 radical (unpaired) electrons. The smallest absolute Gasteiger partial charge is 0.356 e.